The lowest BCUT2D eigenvalue weighted by molar-refractivity contribution is 0.0964. The molecular formula is C13H11BrFNO2. The summed E-state index contributed by atoms with van der Waals surface area (Å²) >= 11 is 3.18. The van der Waals surface area contributed by atoms with Crippen LogP contribution in [0.5, 0.6) is 0 Å². The van der Waals surface area contributed by atoms with Gasteiger partial charge in [-0.15, -0.1) is 0 Å². The van der Waals surface area contributed by atoms with Gasteiger partial charge in [-0.1, -0.05) is 15.9 Å². The van der Waals surface area contributed by atoms with Crippen LogP contribution in [0, 0.1) is 5.82 Å². The van der Waals surface area contributed by atoms with Crippen molar-refractivity contribution in [1.82, 2.24) is 0 Å². The normalized spacial score (nSPS) is 10.6. The molecule has 0 bridgehead atoms. The molecule has 0 unspecified atom stereocenters. The second-order valence-corrected chi connectivity index (χ2v) is 4.76. The summed E-state index contributed by atoms with van der Waals surface area (Å²) in [6, 6.07) is 7.62. The quantitative estimate of drug-likeness (QED) is 0.883. The Balaban J connectivity index is 2.15. The number of furan rings is 1. The molecule has 94 valence electrons. The van der Waals surface area contributed by atoms with E-state index in [9.17, 15) is 9.18 Å². The van der Waals surface area contributed by atoms with Crippen molar-refractivity contribution in [3.8, 4) is 0 Å². The molecule has 2 N–H and O–H groups in total. The minimum absolute atomic E-state index is 0.0912. The second kappa shape index (κ2) is 5.46. The number of Topliss-reactive ketones (excluding diaryl/α,β-unsaturated/α-hetero) is 1. The van der Waals surface area contributed by atoms with E-state index in [-0.39, 0.29) is 30.3 Å². The van der Waals surface area contributed by atoms with Crippen molar-refractivity contribution in [1.29, 1.82) is 0 Å². The Labute approximate surface area is 112 Å². The van der Waals surface area contributed by atoms with Gasteiger partial charge in [-0.2, -0.15) is 0 Å². The minimum Gasteiger partial charge on any atom is -0.457 e. The van der Waals surface area contributed by atoms with Crippen LogP contribution in [0.25, 0.3) is 0 Å². The number of hydrogen-bond acceptors (Lipinski definition) is 3. The molecule has 1 aromatic heterocycles. The predicted molar refractivity (Wildman–Crippen MR) is 68.7 cm³/mol. The lowest BCUT2D eigenvalue weighted by atomic mass is 10.1. The average Bonchev–Trinajstić information content (AvgIpc) is 2.75. The molecule has 0 aliphatic rings. The molecule has 1 aromatic carbocycles. The third-order valence-corrected chi connectivity index (χ3v) is 2.88. The van der Waals surface area contributed by atoms with Gasteiger partial charge in [0, 0.05) is 10.9 Å². The average molecular weight is 312 g/mol. The predicted octanol–water partition coefficient (Wildman–Crippen LogP) is 3.07. The molecule has 5 heteroatoms. The molecule has 0 aliphatic heterocycles. The zero-order valence-corrected chi connectivity index (χ0v) is 11.0. The number of carbonyl (C=O) groups is 1. The van der Waals surface area contributed by atoms with E-state index in [2.05, 4.69) is 15.9 Å². The van der Waals surface area contributed by atoms with E-state index in [1.54, 1.807) is 18.2 Å². The summed E-state index contributed by atoms with van der Waals surface area (Å²) in [6.45, 7) is 0.249. The Morgan fingerprint density at radius 1 is 1.33 bits per heavy atom. The lowest BCUT2D eigenvalue weighted by Crippen LogP contribution is -2.03. The fourth-order valence-corrected chi connectivity index (χ4v) is 2.14. The van der Waals surface area contributed by atoms with Crippen LogP contribution in [0.15, 0.2) is 39.2 Å². The van der Waals surface area contributed by atoms with E-state index in [1.807, 2.05) is 0 Å². The molecule has 0 amide bonds. The zero-order valence-electron chi connectivity index (χ0n) is 9.45. The molecule has 0 atom stereocenters. The number of halogens is 2. The highest BCUT2D eigenvalue weighted by Gasteiger charge is 2.12. The molecule has 1 heterocycles. The smallest absolute Gasteiger partial charge is 0.202 e. The summed E-state index contributed by atoms with van der Waals surface area (Å²) < 4.78 is 19.0. The lowest BCUT2D eigenvalue weighted by Gasteiger charge is -2.01. The summed E-state index contributed by atoms with van der Waals surface area (Å²) in [5, 5.41) is 0. The maximum atomic E-state index is 13.2. The first kappa shape index (κ1) is 13.0. The van der Waals surface area contributed by atoms with Crippen molar-refractivity contribution in [2.45, 2.75) is 13.0 Å². The number of nitrogens with two attached hydrogens (primary N) is 1. The summed E-state index contributed by atoms with van der Waals surface area (Å²) in [5.41, 5.74) is 5.99. The first-order valence-electron chi connectivity index (χ1n) is 5.35. The van der Waals surface area contributed by atoms with Gasteiger partial charge >= 0.3 is 0 Å². The highest BCUT2D eigenvalue weighted by molar-refractivity contribution is 9.10. The summed E-state index contributed by atoms with van der Waals surface area (Å²) in [7, 11) is 0. The monoisotopic (exact) mass is 311 g/mol. The number of ketones is 1. The summed E-state index contributed by atoms with van der Waals surface area (Å²) in [5.74, 6) is 0.219. The topological polar surface area (TPSA) is 56.2 Å². The summed E-state index contributed by atoms with van der Waals surface area (Å²) in [6.07, 6.45) is 0.0912. The van der Waals surface area contributed by atoms with E-state index in [1.165, 1.54) is 12.1 Å². The van der Waals surface area contributed by atoms with Crippen LogP contribution in [0.3, 0.4) is 0 Å². The molecule has 0 saturated heterocycles. The van der Waals surface area contributed by atoms with Crippen LogP contribution in [-0.4, -0.2) is 5.78 Å². The highest BCUT2D eigenvalue weighted by Crippen LogP contribution is 2.17. The molecule has 0 fully saturated rings. The van der Waals surface area contributed by atoms with Crippen LogP contribution in [-0.2, 0) is 13.0 Å². The van der Waals surface area contributed by atoms with Crippen LogP contribution in [0.1, 0.15) is 21.9 Å². The molecule has 2 rings (SSSR count). The fourth-order valence-electron chi connectivity index (χ4n) is 1.62. The first-order chi connectivity index (χ1) is 8.58. The van der Waals surface area contributed by atoms with Crippen molar-refractivity contribution < 1.29 is 13.6 Å². The van der Waals surface area contributed by atoms with E-state index < -0.39 is 0 Å². The van der Waals surface area contributed by atoms with Gasteiger partial charge in [0.05, 0.1) is 6.54 Å². The fraction of sp³-hybridized carbons (Fsp3) is 0.154. The van der Waals surface area contributed by atoms with Gasteiger partial charge in [-0.05, 0) is 35.9 Å². The van der Waals surface area contributed by atoms with Crippen molar-refractivity contribution in [2.75, 3.05) is 0 Å². The number of hydrogen-bond donors (Lipinski definition) is 1. The first-order valence-corrected chi connectivity index (χ1v) is 6.14. The molecule has 2 aromatic rings. The molecule has 0 radical (unpaired) electrons. The van der Waals surface area contributed by atoms with Gasteiger partial charge in [0.15, 0.2) is 5.76 Å². The number of carbonyl (C=O) groups excluding carboxylic acids is 1. The largest absolute Gasteiger partial charge is 0.457 e. The molecule has 3 nitrogen and oxygen atoms in total. The van der Waals surface area contributed by atoms with Gasteiger partial charge in [0.25, 0.3) is 0 Å². The summed E-state index contributed by atoms with van der Waals surface area (Å²) in [4.78, 5) is 11.9. The number of benzene rings is 1. The van der Waals surface area contributed by atoms with Crippen molar-refractivity contribution in [3.05, 3.63) is 57.7 Å². The van der Waals surface area contributed by atoms with E-state index >= 15 is 0 Å². The van der Waals surface area contributed by atoms with Crippen molar-refractivity contribution >= 4 is 21.7 Å². The van der Waals surface area contributed by atoms with Gasteiger partial charge in [-0.3, -0.25) is 4.79 Å². The van der Waals surface area contributed by atoms with Gasteiger partial charge in [0.1, 0.15) is 11.6 Å². The zero-order chi connectivity index (χ0) is 13.1. The van der Waals surface area contributed by atoms with E-state index in [0.717, 1.165) is 0 Å². The van der Waals surface area contributed by atoms with Gasteiger partial charge in [-0.25, -0.2) is 4.39 Å². The maximum absolute atomic E-state index is 13.2. The van der Waals surface area contributed by atoms with Crippen molar-refractivity contribution in [2.24, 2.45) is 5.73 Å². The Kier molecular flexibility index (Phi) is 3.93. The molecule has 18 heavy (non-hydrogen) atoms. The van der Waals surface area contributed by atoms with Crippen LogP contribution >= 0.6 is 15.9 Å². The Bertz CT molecular complexity index is 560. The SMILES string of the molecule is NCc1ccc(C(=O)Cc2cc(F)cc(Br)c2)o1. The molecule has 0 aliphatic carbocycles. The van der Waals surface area contributed by atoms with Gasteiger partial charge < -0.3 is 10.2 Å². The third kappa shape index (κ3) is 3.05. The third-order valence-electron chi connectivity index (χ3n) is 2.42. The number of rotatable bonds is 4. The standard InChI is InChI=1S/C13H11BrFNO2/c14-9-3-8(4-10(15)6-9)5-12(17)13-2-1-11(7-16)18-13/h1-4,6H,5,7,16H2. The second-order valence-electron chi connectivity index (χ2n) is 3.85. The Morgan fingerprint density at radius 3 is 2.72 bits per heavy atom. The minimum atomic E-state index is -0.380. The Hall–Kier alpha value is -1.46. The van der Waals surface area contributed by atoms with Gasteiger partial charge in [0.2, 0.25) is 5.78 Å². The van der Waals surface area contributed by atoms with Crippen LogP contribution < -0.4 is 5.73 Å². The van der Waals surface area contributed by atoms with Crippen LogP contribution in [0.2, 0.25) is 0 Å². The van der Waals surface area contributed by atoms with E-state index in [0.29, 0.717) is 15.8 Å². The van der Waals surface area contributed by atoms with Crippen molar-refractivity contribution in [3.63, 3.8) is 0 Å². The molecule has 0 saturated carbocycles. The molecular weight excluding hydrogens is 301 g/mol. The van der Waals surface area contributed by atoms with E-state index in [4.69, 9.17) is 10.2 Å². The Morgan fingerprint density at radius 2 is 2.11 bits per heavy atom. The highest BCUT2D eigenvalue weighted by atomic mass is 79.9. The molecule has 0 spiro atoms. The maximum Gasteiger partial charge on any atom is 0.202 e. The van der Waals surface area contributed by atoms with Crippen LogP contribution in [0.4, 0.5) is 4.39 Å².